The Bertz CT molecular complexity index is 1460. The van der Waals surface area contributed by atoms with Crippen LogP contribution in [0.1, 0.15) is 52.4 Å². The highest BCUT2D eigenvalue weighted by Crippen LogP contribution is 2.45. The predicted molar refractivity (Wildman–Crippen MR) is 182 cm³/mol. The molecule has 0 aromatic carbocycles. The van der Waals surface area contributed by atoms with Crippen LogP contribution in [0.15, 0.2) is 16.3 Å². The van der Waals surface area contributed by atoms with Crippen molar-refractivity contribution in [1.82, 2.24) is 26.2 Å². The molecule has 1 fully saturated rings. The number of thioether (sulfide) groups is 1. The van der Waals surface area contributed by atoms with Gasteiger partial charge in [-0.05, 0) is 39.5 Å². The zero-order chi connectivity index (χ0) is 39.3. The maximum Gasteiger partial charge on any atom is 0.352 e. The lowest BCUT2D eigenvalue weighted by molar-refractivity contribution is -0.162. The zero-order valence-electron chi connectivity index (χ0n) is 28.5. The number of ether oxygens (including phenoxy) is 1. The van der Waals surface area contributed by atoms with Crippen molar-refractivity contribution >= 4 is 65.7 Å². The number of aliphatic hydroxyl groups is 1. The van der Waals surface area contributed by atoms with Crippen LogP contribution in [0.25, 0.3) is 0 Å². The van der Waals surface area contributed by atoms with Gasteiger partial charge >= 0.3 is 17.9 Å². The van der Waals surface area contributed by atoms with E-state index in [0.717, 1.165) is 16.7 Å². The normalized spacial score (nSPS) is 20.8. The highest BCUT2D eigenvalue weighted by Gasteiger charge is 2.66. The molecule has 1 saturated heterocycles. The van der Waals surface area contributed by atoms with Crippen LogP contribution in [0.5, 0.6) is 0 Å². The Labute approximate surface area is 301 Å². The van der Waals surface area contributed by atoms with Crippen molar-refractivity contribution < 1.29 is 58.4 Å². The number of rotatable bonds is 22. The Morgan fingerprint density at radius 2 is 1.75 bits per heavy atom. The number of hydrogen-bond donors (Lipinski definition) is 11. The fourth-order valence-corrected chi connectivity index (χ4v) is 6.54. The summed E-state index contributed by atoms with van der Waals surface area (Å²) in [5.41, 5.74) is 19.1. The van der Waals surface area contributed by atoms with E-state index in [9.17, 15) is 48.6 Å². The molecule has 2 heterocycles. The smallest absolute Gasteiger partial charge is 0.352 e. The van der Waals surface area contributed by atoms with Gasteiger partial charge in [-0.1, -0.05) is 0 Å². The highest BCUT2D eigenvalue weighted by molar-refractivity contribution is 8.00. The molecule has 5 amide bonds. The number of guanidine groups is 1. The number of fused-ring (bicyclic) bond motifs is 1. The van der Waals surface area contributed by atoms with Gasteiger partial charge in [0.05, 0.1) is 24.6 Å². The lowest BCUT2D eigenvalue weighted by Crippen LogP contribution is -2.85. The van der Waals surface area contributed by atoms with E-state index in [1.807, 2.05) is 0 Å². The number of esters is 1. The van der Waals surface area contributed by atoms with Crippen molar-refractivity contribution in [1.29, 1.82) is 0 Å². The van der Waals surface area contributed by atoms with E-state index in [1.165, 1.54) is 13.8 Å². The van der Waals surface area contributed by atoms with Crippen LogP contribution in [0, 0.1) is 0 Å². The van der Waals surface area contributed by atoms with Gasteiger partial charge in [-0.3, -0.25) is 43.5 Å². The predicted octanol–water partition coefficient (Wildman–Crippen LogP) is -4.93. The number of β-lactam (4-membered cyclic amide) rings is 1. The minimum Gasteiger partial charge on any atom is -0.480 e. The van der Waals surface area contributed by atoms with Gasteiger partial charge in [0, 0.05) is 24.3 Å². The monoisotopic (exact) mass is 758 g/mol. The number of nitrogens with two attached hydrogens (primary N) is 4. The topological polar surface area (TPSA) is 374 Å². The van der Waals surface area contributed by atoms with E-state index in [-0.39, 0.29) is 62.3 Å². The van der Waals surface area contributed by atoms with Crippen LogP contribution in [0.4, 0.5) is 0 Å². The molecule has 3 unspecified atom stereocenters. The summed E-state index contributed by atoms with van der Waals surface area (Å²) in [6, 6.07) is -4.18. The third-order valence-electron chi connectivity index (χ3n) is 7.92. The standard InChI is InChI=1S/C29H46N10O12S/c1-13(30)22(44)36-14(2)23(45)37-17(6-4-8-34-28(32)33)18(41)9-20(43)51-10-15-11-52-27-29(35-12-40,26(50)39(27)21(15)25(48)49)38-19(42)7-3-5-16(31)24(46)47/h12-14,16-18,27,41H,3-11,30-31H2,1-2H3,(H,35,40)(H,36,44)(H,37,45)(H,38,42)(H,46,47)(H,48,49)(H4,32,33,34)/t13?,14?,16-,17-,18+,27?,29+/m0/s1. The summed E-state index contributed by atoms with van der Waals surface area (Å²) in [5, 5.41) is 38.4. The molecule has 52 heavy (non-hydrogen) atoms. The second kappa shape index (κ2) is 19.6. The molecule has 23 heteroatoms. The highest BCUT2D eigenvalue weighted by atomic mass is 32.2. The van der Waals surface area contributed by atoms with Crippen molar-refractivity contribution in [2.24, 2.45) is 27.9 Å². The van der Waals surface area contributed by atoms with Crippen molar-refractivity contribution in [2.75, 3.05) is 18.9 Å². The van der Waals surface area contributed by atoms with E-state index < -0.39 is 102 Å². The van der Waals surface area contributed by atoms with Gasteiger partial charge in [-0.25, -0.2) is 4.79 Å². The molecule has 290 valence electrons. The average Bonchev–Trinajstić information content (AvgIpc) is 3.06. The van der Waals surface area contributed by atoms with Gasteiger partial charge in [-0.15, -0.1) is 11.8 Å². The second-order valence-corrected chi connectivity index (χ2v) is 13.1. The Hall–Kier alpha value is -5.00. The first-order valence-corrected chi connectivity index (χ1v) is 17.1. The van der Waals surface area contributed by atoms with E-state index in [0.29, 0.717) is 0 Å². The first kappa shape index (κ1) is 43.2. The third-order valence-corrected chi connectivity index (χ3v) is 9.32. The summed E-state index contributed by atoms with van der Waals surface area (Å²) in [5.74, 6) is -7.09. The van der Waals surface area contributed by atoms with Gasteiger partial charge < -0.3 is 64.3 Å². The van der Waals surface area contributed by atoms with Crippen LogP contribution in [0.3, 0.4) is 0 Å². The van der Waals surface area contributed by atoms with Crippen LogP contribution in [0.2, 0.25) is 0 Å². The van der Waals surface area contributed by atoms with Gasteiger partial charge in [0.1, 0.15) is 29.8 Å². The molecular formula is C29H46N10O12S. The number of nitrogens with zero attached hydrogens (tertiary/aromatic N) is 2. The number of carbonyl (C=O) groups is 8. The summed E-state index contributed by atoms with van der Waals surface area (Å²) in [6.45, 7) is 2.35. The molecule has 0 radical (unpaired) electrons. The van der Waals surface area contributed by atoms with E-state index in [4.69, 9.17) is 32.8 Å². The summed E-state index contributed by atoms with van der Waals surface area (Å²) >= 11 is 0.962. The Morgan fingerprint density at radius 1 is 1.08 bits per heavy atom. The first-order valence-electron chi connectivity index (χ1n) is 16.0. The number of carboxylic acids is 2. The summed E-state index contributed by atoms with van der Waals surface area (Å²) < 4.78 is 5.26. The fraction of sp³-hybridized carbons (Fsp3) is 0.621. The number of aliphatic hydroxyl groups excluding tert-OH is 1. The third kappa shape index (κ3) is 11.5. The molecule has 2 aliphatic rings. The maximum atomic E-state index is 13.4. The molecule has 0 spiro atoms. The van der Waals surface area contributed by atoms with Crippen LogP contribution in [-0.2, 0) is 43.1 Å². The molecule has 2 rings (SSSR count). The number of aliphatic imine (C=N–C) groups is 1. The Morgan fingerprint density at radius 3 is 2.33 bits per heavy atom. The van der Waals surface area contributed by atoms with Gasteiger partial charge in [0.15, 0.2) is 5.96 Å². The lowest BCUT2D eigenvalue weighted by atomic mass is 9.94. The van der Waals surface area contributed by atoms with Crippen molar-refractivity contribution in [3.63, 3.8) is 0 Å². The fourth-order valence-electron chi connectivity index (χ4n) is 5.13. The molecule has 15 N–H and O–H groups in total. The molecule has 2 aliphatic heterocycles. The largest absolute Gasteiger partial charge is 0.480 e. The van der Waals surface area contributed by atoms with Crippen LogP contribution in [-0.4, -0.2) is 134 Å². The molecule has 7 atom stereocenters. The minimum absolute atomic E-state index is 0.000543. The molecular weight excluding hydrogens is 712 g/mol. The van der Waals surface area contributed by atoms with Gasteiger partial charge in [-0.2, -0.15) is 0 Å². The number of carbonyl (C=O) groups excluding carboxylic acids is 6. The number of hydrogen-bond acceptors (Lipinski definition) is 14. The van der Waals surface area contributed by atoms with E-state index >= 15 is 0 Å². The minimum atomic E-state index is -2.01. The summed E-state index contributed by atoms with van der Waals surface area (Å²) in [7, 11) is 0. The van der Waals surface area contributed by atoms with E-state index in [2.05, 4.69) is 26.3 Å². The Balaban J connectivity index is 2.13. The molecule has 0 aromatic heterocycles. The summed E-state index contributed by atoms with van der Waals surface area (Å²) in [4.78, 5) is 103. The first-order chi connectivity index (χ1) is 24.4. The molecule has 0 bridgehead atoms. The number of aliphatic carboxylic acids is 2. The molecule has 0 saturated carbocycles. The van der Waals surface area contributed by atoms with Crippen molar-refractivity contribution in [3.05, 3.63) is 11.3 Å². The second-order valence-electron chi connectivity index (χ2n) is 12.1. The quantitative estimate of drug-likeness (QED) is 0.00937. The summed E-state index contributed by atoms with van der Waals surface area (Å²) in [6.07, 6.45) is -1.87. The molecule has 0 aromatic rings. The van der Waals surface area contributed by atoms with Crippen molar-refractivity contribution in [2.45, 2.75) is 93.7 Å². The SMILES string of the molecule is CC(N)C(=O)NC(C)C(=O)N[C@@H](CCCN=C(N)N)[C@H](O)CC(=O)OCC1=C(C(=O)O)N2C(=O)[C@@](NC=O)(NC(=O)CCC[C@H](N)C(=O)O)C2SC1. The Kier molecular flexibility index (Phi) is 16.2. The maximum absolute atomic E-state index is 13.4. The van der Waals surface area contributed by atoms with Crippen LogP contribution < -0.4 is 44.2 Å². The van der Waals surface area contributed by atoms with Crippen LogP contribution >= 0.6 is 11.8 Å². The zero-order valence-corrected chi connectivity index (χ0v) is 29.3. The number of nitrogens with one attached hydrogen (secondary N) is 4. The lowest BCUT2D eigenvalue weighted by Gasteiger charge is -2.56. The number of amides is 5. The average molecular weight is 759 g/mol. The van der Waals surface area contributed by atoms with Gasteiger partial charge in [0.2, 0.25) is 29.8 Å². The molecule has 22 nitrogen and oxygen atoms in total. The van der Waals surface area contributed by atoms with Gasteiger partial charge in [0.25, 0.3) is 5.91 Å². The van der Waals surface area contributed by atoms with Crippen molar-refractivity contribution in [3.8, 4) is 0 Å². The number of carboxylic acid groups (broad SMARTS) is 2. The molecule has 0 aliphatic carbocycles. The van der Waals surface area contributed by atoms with E-state index in [1.54, 1.807) is 0 Å².